The Hall–Kier alpha value is 0.110. The summed E-state index contributed by atoms with van der Waals surface area (Å²) in [6.07, 6.45) is 4.04. The Morgan fingerprint density at radius 2 is 2.14 bits per heavy atom. The number of rotatable bonds is 3. The van der Waals surface area contributed by atoms with Gasteiger partial charge in [-0.1, -0.05) is 20.8 Å². The van der Waals surface area contributed by atoms with Gasteiger partial charge in [-0.15, -0.1) is 23.5 Å². The van der Waals surface area contributed by atoms with E-state index in [-0.39, 0.29) is 5.41 Å². The van der Waals surface area contributed by atoms with Gasteiger partial charge in [0.05, 0.1) is 0 Å². The fourth-order valence-corrected chi connectivity index (χ4v) is 3.57. The second-order valence-corrected chi connectivity index (χ2v) is 6.47. The molecule has 1 rings (SSSR count). The normalized spacial score (nSPS) is 24.1. The van der Waals surface area contributed by atoms with Crippen LogP contribution < -0.4 is 0 Å². The summed E-state index contributed by atoms with van der Waals surface area (Å²) in [5.74, 6) is 1.41. The summed E-state index contributed by atoms with van der Waals surface area (Å²) in [5.41, 5.74) is 0.958. The van der Waals surface area contributed by atoms with Crippen molar-refractivity contribution in [2.45, 2.75) is 33.6 Å². The van der Waals surface area contributed by atoms with E-state index >= 15 is 0 Å². The zero-order valence-electron chi connectivity index (χ0n) is 9.35. The van der Waals surface area contributed by atoms with E-state index in [0.29, 0.717) is 5.78 Å². The molecular weight excluding hydrogens is 212 g/mol. The van der Waals surface area contributed by atoms with E-state index < -0.39 is 0 Å². The van der Waals surface area contributed by atoms with Crippen LogP contribution in [0.25, 0.3) is 0 Å². The number of carbonyl (C=O) groups excluding carboxylic acids is 1. The van der Waals surface area contributed by atoms with Crippen molar-refractivity contribution in [1.29, 1.82) is 0 Å². The van der Waals surface area contributed by atoms with Crippen LogP contribution >= 0.6 is 23.5 Å². The number of hydrogen-bond donors (Lipinski definition) is 0. The second-order valence-electron chi connectivity index (χ2n) is 4.12. The van der Waals surface area contributed by atoms with Crippen LogP contribution in [0.15, 0.2) is 9.81 Å². The van der Waals surface area contributed by atoms with E-state index in [1.807, 2.05) is 0 Å². The Bertz CT molecular complexity index is 266. The molecule has 14 heavy (non-hydrogen) atoms. The summed E-state index contributed by atoms with van der Waals surface area (Å²) in [5, 5.41) is 0. The Morgan fingerprint density at radius 1 is 1.50 bits per heavy atom. The van der Waals surface area contributed by atoms with Gasteiger partial charge < -0.3 is 0 Å². The van der Waals surface area contributed by atoms with Gasteiger partial charge in [-0.2, -0.15) is 0 Å². The lowest BCUT2D eigenvalue weighted by atomic mass is 9.90. The minimum Gasteiger partial charge on any atom is -0.294 e. The van der Waals surface area contributed by atoms with Gasteiger partial charge in [0, 0.05) is 15.2 Å². The summed E-state index contributed by atoms with van der Waals surface area (Å²) in [6.45, 7) is 6.24. The molecule has 0 aromatic carbocycles. The van der Waals surface area contributed by atoms with E-state index in [0.717, 1.165) is 24.2 Å². The van der Waals surface area contributed by atoms with Crippen molar-refractivity contribution >= 4 is 29.3 Å². The van der Waals surface area contributed by atoms with Crippen LogP contribution in [-0.2, 0) is 4.79 Å². The fraction of sp³-hybridized carbons (Fsp3) is 0.727. The largest absolute Gasteiger partial charge is 0.294 e. The molecule has 0 atom stereocenters. The Kier molecular flexibility index (Phi) is 4.14. The third-order valence-corrected chi connectivity index (χ3v) is 4.86. The highest BCUT2D eigenvalue weighted by Crippen LogP contribution is 2.43. The standard InChI is InChI=1S/C11H18OS2/c1-5-14-10(13-4)8-6-7-11(2,3)9(8)12/h5-7H2,1-4H3/b10-8-. The van der Waals surface area contributed by atoms with E-state index in [1.54, 1.807) is 23.5 Å². The van der Waals surface area contributed by atoms with Crippen LogP contribution in [0.1, 0.15) is 33.6 Å². The molecule has 0 aromatic heterocycles. The lowest BCUT2D eigenvalue weighted by molar-refractivity contribution is -0.121. The molecular formula is C11H18OS2. The van der Waals surface area contributed by atoms with Gasteiger partial charge in [-0.05, 0) is 24.9 Å². The number of ketones is 1. The number of Topliss-reactive ketones (excluding diaryl/α,β-unsaturated/α-hetero) is 1. The minimum absolute atomic E-state index is 0.120. The molecule has 1 fully saturated rings. The molecule has 1 aliphatic rings. The van der Waals surface area contributed by atoms with Crippen LogP contribution in [0.4, 0.5) is 0 Å². The lowest BCUT2D eigenvalue weighted by Gasteiger charge is -2.13. The van der Waals surface area contributed by atoms with E-state index in [2.05, 4.69) is 27.0 Å². The van der Waals surface area contributed by atoms with Crippen molar-refractivity contribution < 1.29 is 4.79 Å². The summed E-state index contributed by atoms with van der Waals surface area (Å²) >= 11 is 3.52. The number of carbonyl (C=O) groups is 1. The topological polar surface area (TPSA) is 17.1 Å². The first-order valence-corrected chi connectivity index (χ1v) is 7.18. The van der Waals surface area contributed by atoms with Gasteiger partial charge in [0.15, 0.2) is 5.78 Å². The SMILES string of the molecule is CCS/C(SC)=C1/CCC(C)(C)C1=O. The highest BCUT2D eigenvalue weighted by molar-refractivity contribution is 8.22. The van der Waals surface area contributed by atoms with Crippen LogP contribution in [0.2, 0.25) is 0 Å². The average molecular weight is 230 g/mol. The minimum atomic E-state index is -0.120. The molecule has 0 aliphatic heterocycles. The highest BCUT2D eigenvalue weighted by atomic mass is 32.2. The van der Waals surface area contributed by atoms with E-state index in [1.165, 1.54) is 4.24 Å². The molecule has 0 bridgehead atoms. The Balaban J connectivity index is 2.93. The lowest BCUT2D eigenvalue weighted by Crippen LogP contribution is -2.17. The van der Waals surface area contributed by atoms with Gasteiger partial charge in [-0.3, -0.25) is 4.79 Å². The average Bonchev–Trinajstić information content (AvgIpc) is 2.40. The molecule has 1 nitrogen and oxygen atoms in total. The first kappa shape index (κ1) is 12.2. The highest BCUT2D eigenvalue weighted by Gasteiger charge is 2.37. The summed E-state index contributed by atoms with van der Waals surface area (Å²) in [4.78, 5) is 12.0. The van der Waals surface area contributed by atoms with Gasteiger partial charge in [0.25, 0.3) is 0 Å². The summed E-state index contributed by atoms with van der Waals surface area (Å²) in [6, 6.07) is 0. The molecule has 3 heteroatoms. The molecule has 80 valence electrons. The van der Waals surface area contributed by atoms with E-state index in [9.17, 15) is 4.79 Å². The molecule has 0 saturated heterocycles. The van der Waals surface area contributed by atoms with Crippen molar-refractivity contribution in [2.75, 3.05) is 12.0 Å². The molecule has 1 aliphatic carbocycles. The predicted molar refractivity (Wildman–Crippen MR) is 66.7 cm³/mol. The van der Waals surface area contributed by atoms with Crippen LogP contribution in [0.3, 0.4) is 0 Å². The quantitative estimate of drug-likeness (QED) is 0.688. The van der Waals surface area contributed by atoms with Crippen molar-refractivity contribution in [3.05, 3.63) is 9.81 Å². The third-order valence-electron chi connectivity index (χ3n) is 2.60. The summed E-state index contributed by atoms with van der Waals surface area (Å²) in [7, 11) is 0. The molecule has 0 unspecified atom stereocenters. The van der Waals surface area contributed by atoms with Gasteiger partial charge in [-0.25, -0.2) is 0 Å². The van der Waals surface area contributed by atoms with Crippen molar-refractivity contribution in [3.8, 4) is 0 Å². The molecule has 0 heterocycles. The summed E-state index contributed by atoms with van der Waals surface area (Å²) < 4.78 is 1.24. The second kappa shape index (κ2) is 4.75. The zero-order valence-corrected chi connectivity index (χ0v) is 11.0. The van der Waals surface area contributed by atoms with E-state index in [4.69, 9.17) is 0 Å². The van der Waals surface area contributed by atoms with Gasteiger partial charge in [0.2, 0.25) is 0 Å². The molecule has 0 spiro atoms. The van der Waals surface area contributed by atoms with Crippen LogP contribution in [0.5, 0.6) is 0 Å². The van der Waals surface area contributed by atoms with Crippen LogP contribution in [0, 0.1) is 5.41 Å². The smallest absolute Gasteiger partial charge is 0.166 e. The van der Waals surface area contributed by atoms with Crippen molar-refractivity contribution in [1.82, 2.24) is 0 Å². The maximum Gasteiger partial charge on any atom is 0.166 e. The Morgan fingerprint density at radius 3 is 2.50 bits per heavy atom. The first-order valence-electron chi connectivity index (χ1n) is 4.97. The molecule has 0 aromatic rings. The zero-order chi connectivity index (χ0) is 10.8. The molecule has 0 radical (unpaired) electrons. The molecule has 1 saturated carbocycles. The van der Waals surface area contributed by atoms with Crippen molar-refractivity contribution in [3.63, 3.8) is 0 Å². The van der Waals surface area contributed by atoms with Gasteiger partial charge in [0.1, 0.15) is 0 Å². The van der Waals surface area contributed by atoms with Crippen LogP contribution in [-0.4, -0.2) is 17.8 Å². The number of allylic oxidation sites excluding steroid dienone is 1. The first-order chi connectivity index (χ1) is 6.53. The monoisotopic (exact) mass is 230 g/mol. The molecule has 0 amide bonds. The third kappa shape index (κ3) is 2.37. The number of hydrogen-bond acceptors (Lipinski definition) is 3. The van der Waals surface area contributed by atoms with Gasteiger partial charge >= 0.3 is 0 Å². The predicted octanol–water partition coefficient (Wildman–Crippen LogP) is 3.70. The maximum absolute atomic E-state index is 12.0. The molecule has 0 N–H and O–H groups in total. The number of thioether (sulfide) groups is 2. The Labute approximate surface area is 95.1 Å². The van der Waals surface area contributed by atoms with Crippen molar-refractivity contribution in [2.24, 2.45) is 5.41 Å². The maximum atomic E-state index is 12.0. The fourth-order valence-electron chi connectivity index (χ4n) is 1.67.